The van der Waals surface area contributed by atoms with Gasteiger partial charge in [0.15, 0.2) is 0 Å². The van der Waals surface area contributed by atoms with Crippen LogP contribution in [0.5, 0.6) is 0 Å². The molecule has 0 bridgehead atoms. The lowest BCUT2D eigenvalue weighted by molar-refractivity contribution is 0.205. The zero-order chi connectivity index (χ0) is 66.8. The summed E-state index contributed by atoms with van der Waals surface area (Å²) in [7, 11) is 0. The summed E-state index contributed by atoms with van der Waals surface area (Å²) in [6.07, 6.45) is 21.5. The highest BCUT2D eigenvalue weighted by atomic mass is 15.2. The van der Waals surface area contributed by atoms with Gasteiger partial charge in [0, 0.05) is 34.5 Å². The Hall–Kier alpha value is -5.99. The monoisotopic (exact) mass is 1230 g/mol. The molecule has 4 heteroatoms. The molecule has 5 aromatic carbocycles. The Kier molecular flexibility index (Phi) is 16.5. The number of aryl methyl sites for hydroxylation is 6. The van der Waals surface area contributed by atoms with Crippen LogP contribution in [0.15, 0.2) is 150 Å². The summed E-state index contributed by atoms with van der Waals surface area (Å²) in [5.74, 6) is 4.48. The molecule has 13 rings (SSSR count). The van der Waals surface area contributed by atoms with E-state index in [0.717, 1.165) is 32.2 Å². The summed E-state index contributed by atoms with van der Waals surface area (Å²) < 4.78 is 2.87. The Morgan fingerprint density at radius 1 is 0.677 bits per heavy atom. The maximum Gasteiger partial charge on any atom is 0.242 e. The van der Waals surface area contributed by atoms with Gasteiger partial charge in [-0.05, 0) is 223 Å². The van der Waals surface area contributed by atoms with Gasteiger partial charge in [-0.3, -0.25) is 0 Å². The normalized spacial score (nSPS) is 24.5. The minimum atomic E-state index is -0.0180. The Morgan fingerprint density at radius 3 is 1.92 bits per heavy atom. The Labute approximate surface area is 565 Å². The molecule has 6 aromatic rings. The first kappa shape index (κ1) is 65.7. The van der Waals surface area contributed by atoms with E-state index in [-0.39, 0.29) is 58.8 Å². The van der Waals surface area contributed by atoms with Crippen LogP contribution in [0, 0.1) is 87.9 Å². The van der Waals surface area contributed by atoms with Crippen molar-refractivity contribution in [3.63, 3.8) is 0 Å². The van der Waals surface area contributed by atoms with E-state index in [9.17, 15) is 0 Å². The summed E-state index contributed by atoms with van der Waals surface area (Å²) in [5, 5.41) is 1.50. The molecule has 7 aliphatic rings. The first-order valence-corrected chi connectivity index (χ1v) is 36.7. The molecule has 11 atom stereocenters. The SMILES string of the molecule is C=C[C@H](Cn1c2c(c3cc(C(C)C(C)C)ccc31)C[C@@H](C)C2C)C(CC1=CC2=C3C(C1)B(c1c(C)cc(C)cc1C)c1cc(C(C)(C)C)ccc1N3C1CC=C(C(C)(C)C)C=C1B2c1c(C)cc(C)cc1C)C1c2ccc(C(C)(C)C)cc2C2CC(C(C)(C)C)C=CC21. The molecule has 0 amide bonds. The number of hydrogen-bond donors (Lipinski definition) is 0. The maximum absolute atomic E-state index is 5.06. The third-order valence-corrected chi connectivity index (χ3v) is 25.4. The predicted octanol–water partition coefficient (Wildman–Crippen LogP) is 21.3. The van der Waals surface area contributed by atoms with E-state index in [2.05, 4.69) is 284 Å². The third-order valence-electron chi connectivity index (χ3n) is 25.4. The second-order valence-electron chi connectivity index (χ2n) is 36.1. The highest BCUT2D eigenvalue weighted by molar-refractivity contribution is 6.91. The van der Waals surface area contributed by atoms with Gasteiger partial charge in [0.1, 0.15) is 0 Å². The van der Waals surface area contributed by atoms with Gasteiger partial charge in [0.05, 0.1) is 6.04 Å². The van der Waals surface area contributed by atoms with Crippen LogP contribution in [0.25, 0.3) is 10.9 Å². The van der Waals surface area contributed by atoms with Gasteiger partial charge < -0.3 is 9.47 Å². The van der Waals surface area contributed by atoms with Crippen molar-refractivity contribution in [1.29, 1.82) is 0 Å². The number of allylic oxidation sites excluding steroid dienone is 9. The van der Waals surface area contributed by atoms with Crippen LogP contribution in [0.3, 0.4) is 0 Å². The number of aromatic nitrogens is 1. The second-order valence-corrected chi connectivity index (χ2v) is 36.1. The minimum absolute atomic E-state index is 0.00387. The molecule has 486 valence electrons. The third kappa shape index (κ3) is 11.2. The lowest BCUT2D eigenvalue weighted by atomic mass is 9.24. The lowest BCUT2D eigenvalue weighted by Gasteiger charge is -2.55. The fourth-order valence-electron chi connectivity index (χ4n) is 19.9. The molecular weight excluding hydrogens is 1120 g/mol. The number of anilines is 1. The van der Waals surface area contributed by atoms with Crippen molar-refractivity contribution in [2.24, 2.45) is 46.3 Å². The molecule has 0 fully saturated rings. The van der Waals surface area contributed by atoms with Crippen molar-refractivity contribution in [2.75, 3.05) is 4.90 Å². The molecule has 93 heavy (non-hydrogen) atoms. The van der Waals surface area contributed by atoms with Crippen LogP contribution < -0.4 is 21.3 Å². The van der Waals surface area contributed by atoms with E-state index in [1.807, 2.05) is 0 Å². The van der Waals surface area contributed by atoms with Gasteiger partial charge in [0.2, 0.25) is 13.4 Å². The van der Waals surface area contributed by atoms with Crippen molar-refractivity contribution < 1.29 is 0 Å². The first-order chi connectivity index (χ1) is 43.6. The quantitative estimate of drug-likeness (QED) is 0.0927. The minimum Gasteiger partial charge on any atom is -0.343 e. The van der Waals surface area contributed by atoms with Crippen LogP contribution >= 0.6 is 0 Å². The van der Waals surface area contributed by atoms with Crippen molar-refractivity contribution in [3.8, 4) is 0 Å². The summed E-state index contributed by atoms with van der Waals surface area (Å²) in [6, 6.07) is 33.5. The highest BCUT2D eigenvalue weighted by Crippen LogP contribution is 2.61. The van der Waals surface area contributed by atoms with E-state index < -0.39 is 0 Å². The number of hydrogen-bond acceptors (Lipinski definition) is 1. The molecule has 0 saturated carbocycles. The molecule has 2 aliphatic heterocycles. The van der Waals surface area contributed by atoms with Gasteiger partial charge in [-0.25, -0.2) is 0 Å². The lowest BCUT2D eigenvalue weighted by Crippen LogP contribution is -2.63. The predicted molar refractivity (Wildman–Crippen MR) is 406 cm³/mol. The molecule has 0 spiro atoms. The van der Waals surface area contributed by atoms with Crippen molar-refractivity contribution >= 4 is 46.4 Å². The summed E-state index contributed by atoms with van der Waals surface area (Å²) >= 11 is 0. The molecule has 0 radical (unpaired) electrons. The number of fused-ring (bicyclic) bond motifs is 10. The zero-order valence-corrected chi connectivity index (χ0v) is 61.9. The molecule has 5 aliphatic carbocycles. The van der Waals surface area contributed by atoms with E-state index in [1.165, 1.54) is 95.0 Å². The maximum atomic E-state index is 5.06. The number of nitrogens with zero attached hydrogens (tertiary/aromatic N) is 2. The van der Waals surface area contributed by atoms with Crippen molar-refractivity contribution in [3.05, 3.63) is 222 Å². The fraction of sp³-hybridized carbons (Fsp3) is 0.506. The van der Waals surface area contributed by atoms with Crippen molar-refractivity contribution in [2.45, 2.75) is 244 Å². The molecular formula is C89H114B2N2. The number of rotatable bonds is 11. The molecule has 9 unspecified atom stereocenters. The molecule has 0 saturated heterocycles. The Balaban J connectivity index is 1.09. The Bertz CT molecular complexity index is 4120. The average Bonchev–Trinajstić information content (AvgIpc) is 1.62. The molecule has 3 heterocycles. The van der Waals surface area contributed by atoms with Gasteiger partial charge >= 0.3 is 0 Å². The largest absolute Gasteiger partial charge is 0.343 e. The van der Waals surface area contributed by atoms with Gasteiger partial charge in [-0.1, -0.05) is 276 Å². The van der Waals surface area contributed by atoms with Crippen LogP contribution in [-0.2, 0) is 23.8 Å². The topological polar surface area (TPSA) is 8.17 Å². The van der Waals surface area contributed by atoms with E-state index in [1.54, 1.807) is 44.6 Å². The first-order valence-electron chi connectivity index (χ1n) is 36.7. The zero-order valence-electron chi connectivity index (χ0n) is 61.9. The van der Waals surface area contributed by atoms with Crippen LogP contribution in [0.4, 0.5) is 5.69 Å². The number of benzene rings is 5. The van der Waals surface area contributed by atoms with Crippen LogP contribution in [-0.4, -0.2) is 24.0 Å². The molecule has 2 nitrogen and oxygen atoms in total. The average molecular weight is 1230 g/mol. The summed E-state index contributed by atoms with van der Waals surface area (Å²) in [6.45, 7) is 62.2. The molecule has 0 N–H and O–H groups in total. The van der Waals surface area contributed by atoms with Gasteiger partial charge in [-0.2, -0.15) is 0 Å². The smallest absolute Gasteiger partial charge is 0.242 e. The van der Waals surface area contributed by atoms with E-state index in [4.69, 9.17) is 6.58 Å². The molecule has 1 aromatic heterocycles. The highest BCUT2D eigenvalue weighted by Gasteiger charge is 2.55. The van der Waals surface area contributed by atoms with E-state index >= 15 is 0 Å². The summed E-state index contributed by atoms with van der Waals surface area (Å²) in [5.41, 5.74) is 34.6. The second kappa shape index (κ2) is 23.4. The van der Waals surface area contributed by atoms with Gasteiger partial charge in [0.25, 0.3) is 0 Å². The Morgan fingerprint density at radius 2 is 1.31 bits per heavy atom. The van der Waals surface area contributed by atoms with E-state index in [0.29, 0.717) is 47.3 Å². The summed E-state index contributed by atoms with van der Waals surface area (Å²) in [4.78, 5) is 2.96. The standard InChI is InChI=1S/C89H114B2N2/c1-25-61(49-92-78-33-26-62(58(11)50(2)3)44-72(78)73-40-53(6)59(12)84(73)92)69(81-67-31-27-63(86(13,14)15)45-70(67)71-46-64(87(16,17)18)28-32-68(71)81)41-60-42-76-85-77(43-60)91(83-56(9)38-52(5)39-57(83)10)75-48-66(89(22,23)24)30-35-80(75)93(85)79-34-29-65(88(19,20)21)47-74(79)90(76)82-54(7)36-51(4)37-55(82)8/h25-34,36-39,43-45,47-48,50,53,58-59,61,64,68-69,71,76,80-81H,1,35,40-42,46,49H2,2-24H3/t53-,58?,59?,61-,64?,68?,69?,71?,76?,80?,81?/m1/s1. The van der Waals surface area contributed by atoms with Crippen LogP contribution in [0.1, 0.15) is 240 Å². The van der Waals surface area contributed by atoms with Gasteiger partial charge in [-0.15, -0.1) is 6.58 Å². The van der Waals surface area contributed by atoms with Crippen LogP contribution in [0.2, 0.25) is 5.82 Å². The van der Waals surface area contributed by atoms with Crippen molar-refractivity contribution in [1.82, 2.24) is 4.57 Å². The fourth-order valence-corrected chi connectivity index (χ4v) is 19.9.